The number of hydrogen-bond donors (Lipinski definition) is 9. The van der Waals surface area contributed by atoms with Crippen LogP contribution in [0.15, 0.2) is 85.6 Å². The monoisotopic (exact) mass is 777 g/mol. The van der Waals surface area contributed by atoms with Gasteiger partial charge in [-0.05, 0) is 60.0 Å². The van der Waals surface area contributed by atoms with E-state index in [0.717, 1.165) is 30.3 Å². The van der Waals surface area contributed by atoms with E-state index in [-0.39, 0.29) is 5.69 Å². The van der Waals surface area contributed by atoms with Crippen molar-refractivity contribution in [2.24, 2.45) is 10.2 Å². The highest BCUT2D eigenvalue weighted by Crippen LogP contribution is 2.46. The van der Waals surface area contributed by atoms with Crippen molar-refractivity contribution in [2.45, 2.75) is 14.7 Å². The zero-order valence-corrected chi connectivity index (χ0v) is 27.6. The highest BCUT2D eigenvalue weighted by Gasteiger charge is 2.26. The van der Waals surface area contributed by atoms with Gasteiger partial charge in [0.25, 0.3) is 30.4 Å². The first kappa shape index (κ1) is 36.9. The summed E-state index contributed by atoms with van der Waals surface area (Å²) >= 11 is 0. The van der Waals surface area contributed by atoms with Gasteiger partial charge in [0, 0.05) is 11.1 Å². The zero-order valence-electron chi connectivity index (χ0n) is 25.1. The fourth-order valence-corrected chi connectivity index (χ4v) is 6.22. The first-order valence-electron chi connectivity index (χ1n) is 13.5. The van der Waals surface area contributed by atoms with E-state index in [1.165, 1.54) is 12.1 Å². The maximum atomic E-state index is 12.4. The molecule has 1 aromatic heterocycles. The number of aromatic nitrogens is 3. The van der Waals surface area contributed by atoms with Gasteiger partial charge in [-0.1, -0.05) is 6.07 Å². The van der Waals surface area contributed by atoms with Gasteiger partial charge in [0.05, 0.1) is 26.6 Å². The molecule has 5 aromatic rings. The second-order valence-corrected chi connectivity index (χ2v) is 14.4. The average Bonchev–Trinajstić information content (AvgIpc) is 3.02. The summed E-state index contributed by atoms with van der Waals surface area (Å²) in [5.41, 5.74) is -3.31. The van der Waals surface area contributed by atoms with Crippen LogP contribution < -0.4 is 10.6 Å². The van der Waals surface area contributed by atoms with Crippen molar-refractivity contribution in [1.82, 2.24) is 15.0 Å². The summed E-state index contributed by atoms with van der Waals surface area (Å²) in [6.45, 7) is 0. The molecular formula is C27H19N7O15S3. The molecule has 0 radical (unpaired) electrons. The molecule has 0 unspecified atom stereocenters. The van der Waals surface area contributed by atoms with Crippen molar-refractivity contribution in [3.05, 3.63) is 71.8 Å². The van der Waals surface area contributed by atoms with Gasteiger partial charge >= 0.3 is 17.9 Å². The number of carboxylic acid groups (broad SMARTS) is 2. The van der Waals surface area contributed by atoms with Gasteiger partial charge in [-0.25, -0.2) is 9.59 Å². The van der Waals surface area contributed by atoms with Crippen molar-refractivity contribution in [3.8, 4) is 11.8 Å². The van der Waals surface area contributed by atoms with Crippen LogP contribution in [0, 0.1) is 0 Å². The largest absolute Gasteiger partial charge is 0.505 e. The molecular weight excluding hydrogens is 759 g/mol. The number of benzene rings is 4. The Bertz CT molecular complexity index is 2710. The van der Waals surface area contributed by atoms with Crippen LogP contribution >= 0.6 is 0 Å². The smallest absolute Gasteiger partial charge is 0.337 e. The topological polar surface area (TPSA) is 366 Å². The first-order valence-corrected chi connectivity index (χ1v) is 17.8. The van der Waals surface area contributed by atoms with Gasteiger partial charge < -0.3 is 31.1 Å². The molecule has 0 spiro atoms. The lowest BCUT2D eigenvalue weighted by molar-refractivity contribution is 0.0682. The highest BCUT2D eigenvalue weighted by molar-refractivity contribution is 7.86. The van der Waals surface area contributed by atoms with Crippen LogP contribution in [0.3, 0.4) is 0 Å². The van der Waals surface area contributed by atoms with Gasteiger partial charge in [-0.3, -0.25) is 13.7 Å². The van der Waals surface area contributed by atoms with Crippen molar-refractivity contribution < 1.29 is 68.9 Å². The first-order chi connectivity index (χ1) is 24.1. The average molecular weight is 778 g/mol. The summed E-state index contributed by atoms with van der Waals surface area (Å²) in [5, 5.41) is 51.5. The number of aromatic carboxylic acids is 2. The molecule has 0 amide bonds. The van der Waals surface area contributed by atoms with Crippen LogP contribution in [0.4, 0.5) is 34.6 Å². The molecule has 4 aromatic carbocycles. The third kappa shape index (κ3) is 7.98. The van der Waals surface area contributed by atoms with Gasteiger partial charge in [0.1, 0.15) is 16.3 Å². The maximum absolute atomic E-state index is 12.4. The summed E-state index contributed by atoms with van der Waals surface area (Å²) in [6, 6.07) is 8.18. The summed E-state index contributed by atoms with van der Waals surface area (Å²) in [5.74, 6) is -5.35. The van der Waals surface area contributed by atoms with E-state index < -0.39 is 120 Å². The molecule has 0 fully saturated rings. The number of fused-ring (bicyclic) bond motifs is 1. The Balaban J connectivity index is 1.71. The number of azo groups is 1. The molecule has 0 bridgehead atoms. The molecule has 1 heterocycles. The number of rotatable bonds is 11. The van der Waals surface area contributed by atoms with Gasteiger partial charge in [-0.15, -0.1) is 10.2 Å². The van der Waals surface area contributed by atoms with Gasteiger partial charge in [0.2, 0.25) is 11.9 Å². The second-order valence-electron chi connectivity index (χ2n) is 10.2. The molecule has 270 valence electrons. The molecule has 52 heavy (non-hydrogen) atoms. The molecule has 22 nitrogen and oxygen atoms in total. The van der Waals surface area contributed by atoms with Crippen molar-refractivity contribution in [2.75, 3.05) is 10.6 Å². The SMILES string of the molecule is O=C(O)c1ccc(C(=O)O)c(N=Nc2c(S(=O)(=O)O)cc3cc(S(=O)(=O)O)cc(Nc4nc(O)nc(Nc5cccc(S(=O)(=O)O)c5)n4)c3c2O)c1. The predicted molar refractivity (Wildman–Crippen MR) is 174 cm³/mol. The number of nitrogens with one attached hydrogen (secondary N) is 2. The van der Waals surface area contributed by atoms with Crippen LogP contribution in [-0.2, 0) is 30.4 Å². The molecule has 25 heteroatoms. The number of carbonyl (C=O) groups is 2. The van der Waals surface area contributed by atoms with E-state index >= 15 is 0 Å². The molecule has 0 aliphatic carbocycles. The highest BCUT2D eigenvalue weighted by atomic mass is 32.2. The summed E-state index contributed by atoms with van der Waals surface area (Å²) in [4.78, 5) is 31.8. The number of hydrogen-bond acceptors (Lipinski definition) is 17. The number of aromatic hydroxyl groups is 2. The minimum absolute atomic E-state index is 0.0177. The van der Waals surface area contributed by atoms with E-state index in [4.69, 9.17) is 0 Å². The van der Waals surface area contributed by atoms with Crippen molar-refractivity contribution in [1.29, 1.82) is 0 Å². The third-order valence-electron chi connectivity index (χ3n) is 6.69. The van der Waals surface area contributed by atoms with Crippen LogP contribution in [0.1, 0.15) is 20.7 Å². The van der Waals surface area contributed by atoms with Gasteiger partial charge in [0.15, 0.2) is 5.75 Å². The number of phenolic OH excluding ortho intramolecular Hbond substituents is 1. The molecule has 0 saturated carbocycles. The third-order valence-corrected chi connectivity index (χ3v) is 9.24. The Kier molecular flexibility index (Phi) is 9.50. The summed E-state index contributed by atoms with van der Waals surface area (Å²) in [6.07, 6.45) is 0. The second kappa shape index (κ2) is 13.4. The lowest BCUT2D eigenvalue weighted by Crippen LogP contribution is -2.06. The summed E-state index contributed by atoms with van der Waals surface area (Å²) in [7, 11) is -15.1. The van der Waals surface area contributed by atoms with E-state index in [1.54, 1.807) is 0 Å². The minimum Gasteiger partial charge on any atom is -0.505 e. The molecule has 0 aliphatic rings. The Hall–Kier alpha value is -6.38. The Morgan fingerprint density at radius 1 is 0.673 bits per heavy atom. The standard InChI is InChI=1S/C27H19N7O15S3/c35-22-20-12(8-19(52(47,48)49)21(22)34-33-17-7-11(23(36)37)4-5-16(17)24(38)39)6-15(51(44,45)46)10-18(20)29-26-30-25(31-27(40)32-26)28-13-2-1-3-14(9-13)50(41,42)43/h1-10,35H,(H,36,37)(H,38,39)(H,41,42,43)(H,44,45,46)(H,47,48,49)(H3,28,29,30,31,32,40). The fourth-order valence-electron chi connectivity index (χ4n) is 4.49. The van der Waals surface area contributed by atoms with E-state index in [2.05, 4.69) is 35.8 Å². The number of phenols is 1. The molecule has 9 N–H and O–H groups in total. The minimum atomic E-state index is -5.36. The summed E-state index contributed by atoms with van der Waals surface area (Å²) < 4.78 is 101. The fraction of sp³-hybridized carbons (Fsp3) is 0. The Morgan fingerprint density at radius 3 is 1.92 bits per heavy atom. The molecule has 0 atom stereocenters. The number of nitrogens with zero attached hydrogens (tertiary/aromatic N) is 5. The molecule has 0 aliphatic heterocycles. The van der Waals surface area contributed by atoms with E-state index in [9.17, 15) is 68.9 Å². The Labute approximate surface area is 290 Å². The quantitative estimate of drug-likeness (QED) is 0.0684. The van der Waals surface area contributed by atoms with E-state index in [0.29, 0.717) is 18.2 Å². The van der Waals surface area contributed by atoms with Crippen molar-refractivity contribution >= 4 is 87.7 Å². The lowest BCUT2D eigenvalue weighted by atomic mass is 10.1. The van der Waals surface area contributed by atoms with Crippen LogP contribution in [-0.4, -0.2) is 86.2 Å². The Morgan fingerprint density at radius 2 is 1.33 bits per heavy atom. The van der Waals surface area contributed by atoms with Crippen LogP contribution in [0.2, 0.25) is 0 Å². The zero-order chi connectivity index (χ0) is 38.3. The normalized spacial score (nSPS) is 12.2. The number of anilines is 4. The van der Waals surface area contributed by atoms with Crippen LogP contribution in [0.25, 0.3) is 10.8 Å². The van der Waals surface area contributed by atoms with Crippen molar-refractivity contribution in [3.63, 3.8) is 0 Å². The van der Waals surface area contributed by atoms with E-state index in [1.807, 2.05) is 0 Å². The molecule has 5 rings (SSSR count). The molecule has 0 saturated heterocycles. The lowest BCUT2D eigenvalue weighted by Gasteiger charge is -2.15. The predicted octanol–water partition coefficient (Wildman–Crippen LogP) is 3.48. The number of carboxylic acids is 2. The van der Waals surface area contributed by atoms with Crippen LogP contribution in [0.5, 0.6) is 11.8 Å². The maximum Gasteiger partial charge on any atom is 0.337 e. The van der Waals surface area contributed by atoms with Gasteiger partial charge in [-0.2, -0.15) is 40.2 Å².